The summed E-state index contributed by atoms with van der Waals surface area (Å²) in [6.45, 7) is 31.6. The van der Waals surface area contributed by atoms with Crippen LogP contribution in [0.2, 0.25) is 0 Å². The molecule has 4 aliphatic rings. The normalized spacial score (nSPS) is 23.7. The number of rotatable bonds is 43. The van der Waals surface area contributed by atoms with Crippen LogP contribution in [0.15, 0.2) is 11.6 Å². The van der Waals surface area contributed by atoms with E-state index in [2.05, 4.69) is 63.6 Å². The molecule has 4 rings (SSSR count). The number of hydrogen-bond donors (Lipinski definition) is 3. The minimum absolute atomic E-state index is 0.0920. The van der Waals surface area contributed by atoms with Crippen LogP contribution >= 0.6 is 0 Å². The van der Waals surface area contributed by atoms with Crippen molar-refractivity contribution in [3.05, 3.63) is 11.6 Å². The van der Waals surface area contributed by atoms with Crippen molar-refractivity contribution < 1.29 is 76.0 Å². The second-order valence-corrected chi connectivity index (χ2v) is 23.8. The molecule has 1 unspecified atom stereocenters. The van der Waals surface area contributed by atoms with Gasteiger partial charge in [-0.15, -0.1) is 0 Å². The zero-order valence-corrected chi connectivity index (χ0v) is 51.6. The number of hydrogen-bond acceptors (Lipinski definition) is 16. The third-order valence-corrected chi connectivity index (χ3v) is 16.2. The van der Waals surface area contributed by atoms with Crippen LogP contribution < -0.4 is 16.0 Å². The van der Waals surface area contributed by atoms with Crippen LogP contribution in [0.5, 0.6) is 0 Å². The summed E-state index contributed by atoms with van der Waals surface area (Å²) in [6.07, 6.45) is 16.2. The number of allylic oxidation sites excluding steroid dienone is 1. The van der Waals surface area contributed by atoms with Crippen molar-refractivity contribution in [1.29, 1.82) is 0 Å². The molecule has 0 heterocycles. The van der Waals surface area contributed by atoms with Gasteiger partial charge in [-0.05, 0) is 118 Å². The molecule has 4 aliphatic carbocycles. The molecule has 8 atom stereocenters. The molecule has 0 aliphatic heterocycles. The van der Waals surface area contributed by atoms with Crippen LogP contribution in [0.3, 0.4) is 0 Å². The molecule has 0 aromatic heterocycles. The van der Waals surface area contributed by atoms with E-state index in [1.165, 1.54) is 56.9 Å². The number of methoxy groups -OCH3 is 1. The first-order valence-electron chi connectivity index (χ1n) is 30.7. The molecular weight excluding hydrogens is 1030 g/mol. The van der Waals surface area contributed by atoms with Crippen LogP contribution in [0.1, 0.15) is 139 Å². The molecule has 0 spiro atoms. The van der Waals surface area contributed by atoms with Crippen molar-refractivity contribution >= 4 is 18.1 Å². The van der Waals surface area contributed by atoms with Gasteiger partial charge in [0.2, 0.25) is 5.91 Å². The summed E-state index contributed by atoms with van der Waals surface area (Å²) in [5.41, 5.74) is 1.74. The van der Waals surface area contributed by atoms with E-state index in [0.29, 0.717) is 151 Å². The molecule has 468 valence electrons. The highest BCUT2D eigenvalue weighted by molar-refractivity contribution is 5.82. The Balaban J connectivity index is 0.000000423. The summed E-state index contributed by atoms with van der Waals surface area (Å²) in [4.78, 5) is 36.0. The van der Waals surface area contributed by atoms with Crippen LogP contribution in [-0.4, -0.2) is 195 Å². The van der Waals surface area contributed by atoms with E-state index in [-0.39, 0.29) is 24.0 Å². The monoisotopic (exact) mass is 1140 g/mol. The Bertz CT molecular complexity index is 1650. The molecule has 0 aromatic rings. The van der Waals surface area contributed by atoms with Gasteiger partial charge in [-0.3, -0.25) is 4.79 Å². The number of nitrogens with one attached hydrogen (secondary N) is 3. The van der Waals surface area contributed by atoms with Crippen molar-refractivity contribution in [2.45, 2.75) is 151 Å². The summed E-state index contributed by atoms with van der Waals surface area (Å²) >= 11 is 0. The summed E-state index contributed by atoms with van der Waals surface area (Å²) < 4.78 is 69.9. The van der Waals surface area contributed by atoms with Crippen molar-refractivity contribution in [2.24, 2.45) is 46.3 Å². The molecule has 19 heteroatoms. The van der Waals surface area contributed by atoms with Crippen LogP contribution in [0, 0.1) is 46.3 Å². The Kier molecular flexibility index (Phi) is 37.7. The average Bonchev–Trinajstić information content (AvgIpc) is 3.73. The number of alkyl carbamates (subject to hydrolysis) is 2. The second-order valence-electron chi connectivity index (χ2n) is 23.8. The fraction of sp³-hybridized carbons (Fsp3) is 0.918. The lowest BCUT2D eigenvalue weighted by Crippen LogP contribution is -2.51. The molecule has 0 radical (unpaired) electrons. The maximum absolute atomic E-state index is 12.5. The topological polar surface area (TPSA) is 207 Å². The zero-order chi connectivity index (χ0) is 58.3. The standard InChI is InChI=1S/C35H60N2O5.C26H53NO11/c1-24(2)8-7-9-25(3)29-12-13-30-28-11-10-26-22-27(14-16-34(26,4)31(28)15-17-35(29,30)5)42-33(39)37-23-32(38)36-18-19-41-21-20-40-6;1-5-7-29-9-11-31-13-15-33-17-19-35-21-23-37-24-22-36-20-18-34-16-14-32-12-10-30-8-6-27-25(28)38-26(2,3)4/h10,24-25,27-31H,7-9,11-23H2,1-6H3,(H,36,38)(H,37,39);5-24H2,1-4H3,(H,27,28)/t25-,27?,28+,29-,30+,31+,34+,35-;/m1./s1. The average molecular weight is 1140 g/mol. The highest BCUT2D eigenvalue weighted by Gasteiger charge is 2.59. The van der Waals surface area contributed by atoms with Gasteiger partial charge in [0.05, 0.1) is 139 Å². The molecule has 3 fully saturated rings. The zero-order valence-electron chi connectivity index (χ0n) is 51.6. The Morgan fingerprint density at radius 3 is 1.59 bits per heavy atom. The summed E-state index contributed by atoms with van der Waals surface area (Å²) in [5.74, 6) is 4.69. The van der Waals surface area contributed by atoms with Gasteiger partial charge < -0.3 is 77.5 Å². The van der Waals surface area contributed by atoms with E-state index >= 15 is 0 Å². The minimum Gasteiger partial charge on any atom is -0.446 e. The molecule has 19 nitrogen and oxygen atoms in total. The van der Waals surface area contributed by atoms with Gasteiger partial charge in [-0.2, -0.15) is 0 Å². The first-order valence-corrected chi connectivity index (χ1v) is 30.7. The highest BCUT2D eigenvalue weighted by Crippen LogP contribution is 2.67. The first-order chi connectivity index (χ1) is 38.5. The number of ether oxygens (including phenoxy) is 13. The van der Waals surface area contributed by atoms with E-state index in [1.54, 1.807) is 7.11 Å². The second kappa shape index (κ2) is 42.2. The van der Waals surface area contributed by atoms with Gasteiger partial charge >= 0.3 is 12.2 Å². The molecule has 3 N–H and O–H groups in total. The molecular formula is C61H113N3O16. The Morgan fingerprint density at radius 1 is 0.588 bits per heavy atom. The largest absolute Gasteiger partial charge is 0.446 e. The third-order valence-electron chi connectivity index (χ3n) is 16.2. The molecule has 3 saturated carbocycles. The van der Waals surface area contributed by atoms with Crippen molar-refractivity contribution in [1.82, 2.24) is 16.0 Å². The Hall–Kier alpha value is -2.69. The lowest BCUT2D eigenvalue weighted by molar-refractivity contribution is -0.120. The number of amides is 3. The van der Waals surface area contributed by atoms with Crippen LogP contribution in [0.25, 0.3) is 0 Å². The van der Waals surface area contributed by atoms with Gasteiger partial charge in [0.15, 0.2) is 0 Å². The quantitative estimate of drug-likeness (QED) is 0.0385. The predicted molar refractivity (Wildman–Crippen MR) is 309 cm³/mol. The smallest absolute Gasteiger partial charge is 0.407 e. The summed E-state index contributed by atoms with van der Waals surface area (Å²) in [6, 6.07) is 0. The molecule has 0 bridgehead atoms. The lowest BCUT2D eigenvalue weighted by atomic mass is 9.47. The predicted octanol–water partition coefficient (Wildman–Crippen LogP) is 8.97. The van der Waals surface area contributed by atoms with Gasteiger partial charge in [-0.25, -0.2) is 9.59 Å². The lowest BCUT2D eigenvalue weighted by Gasteiger charge is -2.58. The third kappa shape index (κ3) is 29.7. The van der Waals surface area contributed by atoms with E-state index in [4.69, 9.17) is 61.6 Å². The van der Waals surface area contributed by atoms with Crippen molar-refractivity contribution in [3.8, 4) is 0 Å². The van der Waals surface area contributed by atoms with Gasteiger partial charge in [-0.1, -0.05) is 72.5 Å². The van der Waals surface area contributed by atoms with Crippen molar-refractivity contribution in [3.63, 3.8) is 0 Å². The maximum Gasteiger partial charge on any atom is 0.407 e. The number of carbonyl (C=O) groups is 3. The summed E-state index contributed by atoms with van der Waals surface area (Å²) in [5, 5.41) is 7.99. The molecule has 0 saturated heterocycles. The minimum atomic E-state index is -0.505. The van der Waals surface area contributed by atoms with E-state index in [1.807, 2.05) is 20.8 Å². The highest BCUT2D eigenvalue weighted by atomic mass is 16.6. The molecule has 80 heavy (non-hydrogen) atoms. The van der Waals surface area contributed by atoms with Crippen LogP contribution in [-0.2, 0) is 66.4 Å². The summed E-state index contributed by atoms with van der Waals surface area (Å²) in [7, 11) is 1.62. The Labute approximate surface area is 483 Å². The number of carbonyl (C=O) groups excluding carboxylic acids is 3. The molecule has 0 aromatic carbocycles. The van der Waals surface area contributed by atoms with E-state index in [0.717, 1.165) is 67.8 Å². The number of fused-ring (bicyclic) bond motifs is 5. The fourth-order valence-corrected chi connectivity index (χ4v) is 12.2. The van der Waals surface area contributed by atoms with Gasteiger partial charge in [0.25, 0.3) is 0 Å². The van der Waals surface area contributed by atoms with Crippen LogP contribution in [0.4, 0.5) is 9.59 Å². The van der Waals surface area contributed by atoms with E-state index in [9.17, 15) is 14.4 Å². The van der Waals surface area contributed by atoms with Gasteiger partial charge in [0.1, 0.15) is 11.7 Å². The molecule has 3 amide bonds. The van der Waals surface area contributed by atoms with E-state index < -0.39 is 17.8 Å². The van der Waals surface area contributed by atoms with Gasteiger partial charge in [0, 0.05) is 33.2 Å². The van der Waals surface area contributed by atoms with Crippen molar-refractivity contribution in [2.75, 3.05) is 165 Å². The fourth-order valence-electron chi connectivity index (χ4n) is 12.2. The first kappa shape index (κ1) is 71.6. The Morgan fingerprint density at radius 2 is 1.09 bits per heavy atom. The SMILES string of the molecule is CCCOCCOCCOCCOCCOCCOCCOCCOCCOCCNC(=O)OC(C)(C)C.COCCOCCNC(=O)CNC(=O)OC1CC[C@@]2(C)C(=CC[C@H]3[C@@H]4CC[C@H]([C@H](C)CCCC(C)C)[C@@]4(C)CC[C@@H]32)C1. The maximum atomic E-state index is 12.5.